The van der Waals surface area contributed by atoms with Gasteiger partial charge in [-0.15, -0.1) is 0 Å². The number of aryl methyl sites for hydroxylation is 1. The van der Waals surface area contributed by atoms with Crippen LogP contribution in [0.4, 0.5) is 0 Å². The predicted molar refractivity (Wildman–Crippen MR) is 102 cm³/mol. The molecule has 0 radical (unpaired) electrons. The van der Waals surface area contributed by atoms with Crippen LogP contribution < -0.4 is 4.72 Å². The van der Waals surface area contributed by atoms with E-state index in [0.717, 1.165) is 5.39 Å². The summed E-state index contributed by atoms with van der Waals surface area (Å²) in [5.74, 6) is 0.264. The molecule has 26 heavy (non-hydrogen) atoms. The van der Waals surface area contributed by atoms with Crippen LogP contribution in [0.1, 0.15) is 18.2 Å². The number of hydrogen-bond donors (Lipinski definition) is 2. The Morgan fingerprint density at radius 2 is 1.85 bits per heavy atom. The molecule has 138 valence electrons. The Morgan fingerprint density at radius 1 is 1.15 bits per heavy atom. The van der Waals surface area contributed by atoms with E-state index in [9.17, 15) is 13.5 Å². The van der Waals surface area contributed by atoms with Crippen LogP contribution in [-0.4, -0.2) is 20.1 Å². The molecular formula is C18H17Cl2NO4S. The first-order valence-electron chi connectivity index (χ1n) is 7.77. The zero-order chi connectivity index (χ0) is 19.1. The molecule has 1 heterocycles. The molecule has 8 heteroatoms. The quantitative estimate of drug-likeness (QED) is 0.655. The summed E-state index contributed by atoms with van der Waals surface area (Å²) in [6.45, 7) is 2.87. The maximum absolute atomic E-state index is 12.6. The first-order valence-corrected chi connectivity index (χ1v) is 10.0. The van der Waals surface area contributed by atoms with Gasteiger partial charge >= 0.3 is 0 Å². The molecule has 3 aromatic rings. The van der Waals surface area contributed by atoms with Crippen molar-refractivity contribution in [1.82, 2.24) is 4.72 Å². The number of furan rings is 1. The Labute approximate surface area is 161 Å². The van der Waals surface area contributed by atoms with Gasteiger partial charge in [-0.1, -0.05) is 41.4 Å². The van der Waals surface area contributed by atoms with E-state index in [1.54, 1.807) is 19.1 Å². The number of sulfonamides is 1. The third-order valence-electron chi connectivity index (χ3n) is 4.07. The van der Waals surface area contributed by atoms with Gasteiger partial charge in [-0.3, -0.25) is 0 Å². The third kappa shape index (κ3) is 3.75. The number of rotatable bonds is 5. The van der Waals surface area contributed by atoms with E-state index in [1.165, 1.54) is 19.1 Å². The van der Waals surface area contributed by atoms with Gasteiger partial charge in [0.2, 0.25) is 10.0 Å². The molecule has 2 aromatic carbocycles. The van der Waals surface area contributed by atoms with Gasteiger partial charge in [0.1, 0.15) is 21.8 Å². The van der Waals surface area contributed by atoms with Gasteiger partial charge < -0.3 is 9.52 Å². The molecule has 1 unspecified atom stereocenters. The van der Waals surface area contributed by atoms with Crippen LogP contribution >= 0.6 is 23.2 Å². The number of para-hydroxylation sites is 1. The molecule has 0 spiro atoms. The highest BCUT2D eigenvalue weighted by Gasteiger charge is 2.30. The molecule has 0 aliphatic rings. The molecule has 5 nitrogen and oxygen atoms in total. The summed E-state index contributed by atoms with van der Waals surface area (Å²) in [5.41, 5.74) is -0.345. The number of fused-ring (bicyclic) bond motifs is 1. The van der Waals surface area contributed by atoms with E-state index in [-0.39, 0.29) is 22.2 Å². The molecule has 0 bridgehead atoms. The Hall–Kier alpha value is -1.57. The standard InChI is InChI=1S/C18H17Cl2NO4S/c1-11-7-16(14(20)9-13(11)19)26(23,24)21-10-18(2,22)17-8-12-5-3-4-6-15(12)25-17/h3-9,21-22H,10H2,1-2H3. The topological polar surface area (TPSA) is 79.5 Å². The Kier molecular flexibility index (Phi) is 5.07. The van der Waals surface area contributed by atoms with Crippen molar-refractivity contribution in [3.8, 4) is 0 Å². The van der Waals surface area contributed by atoms with Crippen molar-refractivity contribution in [3.05, 3.63) is 63.8 Å². The van der Waals surface area contributed by atoms with Gasteiger partial charge in [-0.2, -0.15) is 0 Å². The Morgan fingerprint density at radius 3 is 2.54 bits per heavy atom. The van der Waals surface area contributed by atoms with Crippen molar-refractivity contribution in [2.24, 2.45) is 0 Å². The average molecular weight is 414 g/mol. The minimum Gasteiger partial charge on any atom is -0.458 e. The third-order valence-corrected chi connectivity index (χ3v) is 6.34. The van der Waals surface area contributed by atoms with Gasteiger partial charge in [0.15, 0.2) is 0 Å². The van der Waals surface area contributed by atoms with Gasteiger partial charge in [0.25, 0.3) is 0 Å². The Balaban J connectivity index is 1.85. The molecule has 1 aromatic heterocycles. The van der Waals surface area contributed by atoms with Gasteiger partial charge in [0.05, 0.1) is 5.02 Å². The maximum Gasteiger partial charge on any atom is 0.242 e. The van der Waals surface area contributed by atoms with E-state index in [0.29, 0.717) is 16.2 Å². The molecule has 2 N–H and O–H groups in total. The lowest BCUT2D eigenvalue weighted by Gasteiger charge is -2.21. The normalized spacial score (nSPS) is 14.5. The number of benzene rings is 2. The van der Waals surface area contributed by atoms with Crippen LogP contribution in [0.15, 0.2) is 51.8 Å². The lowest BCUT2D eigenvalue weighted by molar-refractivity contribution is 0.0412. The van der Waals surface area contributed by atoms with E-state index >= 15 is 0 Å². The molecule has 0 aliphatic carbocycles. The van der Waals surface area contributed by atoms with Crippen molar-refractivity contribution in [2.45, 2.75) is 24.3 Å². The second kappa shape index (κ2) is 6.87. The summed E-state index contributed by atoms with van der Waals surface area (Å²) in [5, 5.41) is 11.9. The SMILES string of the molecule is Cc1cc(S(=O)(=O)NCC(C)(O)c2cc3ccccc3o2)c(Cl)cc1Cl. The summed E-state index contributed by atoms with van der Waals surface area (Å²) in [6, 6.07) is 11.7. The number of halogens is 2. The second-order valence-corrected chi connectivity index (χ2v) is 8.83. The average Bonchev–Trinajstić information content (AvgIpc) is 3.01. The van der Waals surface area contributed by atoms with Gasteiger partial charge in [0, 0.05) is 17.0 Å². The van der Waals surface area contributed by atoms with Crippen molar-refractivity contribution < 1.29 is 17.9 Å². The van der Waals surface area contributed by atoms with Crippen LogP contribution in [0.2, 0.25) is 10.0 Å². The van der Waals surface area contributed by atoms with E-state index in [2.05, 4.69) is 4.72 Å². The predicted octanol–water partition coefficient (Wildman–Crippen LogP) is 4.23. The molecule has 3 rings (SSSR count). The fraction of sp³-hybridized carbons (Fsp3) is 0.222. The van der Waals surface area contributed by atoms with Crippen LogP contribution in [-0.2, 0) is 15.6 Å². The number of aliphatic hydroxyl groups is 1. The van der Waals surface area contributed by atoms with Gasteiger partial charge in [-0.25, -0.2) is 13.1 Å². The lowest BCUT2D eigenvalue weighted by atomic mass is 10.0. The zero-order valence-corrected chi connectivity index (χ0v) is 16.4. The molecule has 1 atom stereocenters. The van der Waals surface area contributed by atoms with Crippen LogP contribution in [0, 0.1) is 6.92 Å². The Bertz CT molecular complexity index is 1040. The minimum atomic E-state index is -3.94. The highest BCUT2D eigenvalue weighted by atomic mass is 35.5. The van der Waals surface area contributed by atoms with Crippen LogP contribution in [0.5, 0.6) is 0 Å². The molecule has 0 saturated heterocycles. The van der Waals surface area contributed by atoms with Crippen molar-refractivity contribution in [3.63, 3.8) is 0 Å². The summed E-state index contributed by atoms with van der Waals surface area (Å²) in [6.07, 6.45) is 0. The van der Waals surface area contributed by atoms with Crippen molar-refractivity contribution in [2.75, 3.05) is 6.54 Å². The highest BCUT2D eigenvalue weighted by Crippen LogP contribution is 2.30. The lowest BCUT2D eigenvalue weighted by Crippen LogP contribution is -2.38. The summed E-state index contributed by atoms with van der Waals surface area (Å²) < 4.78 is 33.2. The molecule has 0 amide bonds. The summed E-state index contributed by atoms with van der Waals surface area (Å²) >= 11 is 12.0. The first-order chi connectivity index (χ1) is 12.1. The largest absolute Gasteiger partial charge is 0.458 e. The molecule has 0 saturated carbocycles. The fourth-order valence-electron chi connectivity index (χ4n) is 2.48. The van der Waals surface area contributed by atoms with Crippen molar-refractivity contribution in [1.29, 1.82) is 0 Å². The fourth-order valence-corrected chi connectivity index (χ4v) is 4.45. The van der Waals surface area contributed by atoms with E-state index < -0.39 is 15.6 Å². The highest BCUT2D eigenvalue weighted by molar-refractivity contribution is 7.89. The van der Waals surface area contributed by atoms with Crippen LogP contribution in [0.3, 0.4) is 0 Å². The van der Waals surface area contributed by atoms with Crippen LogP contribution in [0.25, 0.3) is 11.0 Å². The molecule has 0 fully saturated rings. The molecular weight excluding hydrogens is 397 g/mol. The minimum absolute atomic E-state index is 0.0106. The summed E-state index contributed by atoms with van der Waals surface area (Å²) in [4.78, 5) is -0.0959. The zero-order valence-electron chi connectivity index (χ0n) is 14.1. The maximum atomic E-state index is 12.6. The van der Waals surface area contributed by atoms with Gasteiger partial charge in [-0.05, 0) is 43.7 Å². The second-order valence-electron chi connectivity index (χ2n) is 6.28. The summed E-state index contributed by atoms with van der Waals surface area (Å²) in [7, 11) is -3.94. The molecule has 0 aliphatic heterocycles. The number of hydrogen-bond acceptors (Lipinski definition) is 4. The van der Waals surface area contributed by atoms with E-state index in [4.69, 9.17) is 27.6 Å². The monoisotopic (exact) mass is 413 g/mol. The van der Waals surface area contributed by atoms with E-state index in [1.807, 2.05) is 18.2 Å². The smallest absolute Gasteiger partial charge is 0.242 e. The van der Waals surface area contributed by atoms with Crippen molar-refractivity contribution >= 4 is 44.2 Å². The first kappa shape index (κ1) is 19.2. The number of nitrogens with one attached hydrogen (secondary N) is 1.